The molecule has 2 aliphatic rings. The van der Waals surface area contributed by atoms with Crippen molar-refractivity contribution in [3.05, 3.63) is 0 Å². The van der Waals surface area contributed by atoms with Gasteiger partial charge in [0.15, 0.2) is 0 Å². The summed E-state index contributed by atoms with van der Waals surface area (Å²) in [6.07, 6.45) is 2.09. The number of ether oxygens (including phenoxy) is 1. The smallest absolute Gasteiger partial charge is 0.228 e. The number of nitrogens with two attached hydrogens (primary N) is 1. The molecule has 17 heavy (non-hydrogen) atoms. The molecular weight excluding hydrogens is 216 g/mol. The van der Waals surface area contributed by atoms with Gasteiger partial charge in [0.1, 0.15) is 0 Å². The van der Waals surface area contributed by atoms with Gasteiger partial charge >= 0.3 is 0 Å². The van der Waals surface area contributed by atoms with Crippen molar-refractivity contribution < 1.29 is 9.53 Å². The fraction of sp³-hybridized carbons (Fsp3) is 0.923. The van der Waals surface area contributed by atoms with Crippen LogP contribution >= 0.6 is 0 Å². The van der Waals surface area contributed by atoms with Crippen molar-refractivity contribution in [3.8, 4) is 0 Å². The second-order valence-corrected chi connectivity index (χ2v) is 5.59. The number of rotatable bonds is 1. The molecule has 0 bridgehead atoms. The third kappa shape index (κ3) is 2.47. The Morgan fingerprint density at radius 2 is 1.76 bits per heavy atom. The van der Waals surface area contributed by atoms with Gasteiger partial charge < -0.3 is 15.4 Å². The predicted molar refractivity (Wildman–Crippen MR) is 66.5 cm³/mol. The molecule has 0 spiro atoms. The van der Waals surface area contributed by atoms with Crippen molar-refractivity contribution in [1.82, 2.24) is 4.90 Å². The van der Waals surface area contributed by atoms with E-state index in [1.165, 1.54) is 0 Å². The Hall–Kier alpha value is -0.610. The average molecular weight is 240 g/mol. The zero-order valence-electron chi connectivity index (χ0n) is 11.1. The minimum absolute atomic E-state index is 0.0272. The molecule has 2 N–H and O–H groups in total. The molecule has 0 aromatic heterocycles. The minimum atomic E-state index is 0.0272. The molecule has 2 heterocycles. The van der Waals surface area contributed by atoms with Crippen LogP contribution in [0.15, 0.2) is 0 Å². The van der Waals surface area contributed by atoms with E-state index >= 15 is 0 Å². The molecule has 4 unspecified atom stereocenters. The number of hydrogen-bond acceptors (Lipinski definition) is 3. The molecule has 98 valence electrons. The Balaban J connectivity index is 2.00. The van der Waals surface area contributed by atoms with Crippen LogP contribution in [0.2, 0.25) is 0 Å². The molecular formula is C13H24N2O2. The second kappa shape index (κ2) is 4.94. The van der Waals surface area contributed by atoms with E-state index in [0.717, 1.165) is 25.9 Å². The van der Waals surface area contributed by atoms with Gasteiger partial charge in [0.25, 0.3) is 0 Å². The van der Waals surface area contributed by atoms with Crippen molar-refractivity contribution >= 4 is 5.91 Å². The number of carbonyl (C=O) groups is 1. The van der Waals surface area contributed by atoms with Gasteiger partial charge in [-0.05, 0) is 32.6 Å². The monoisotopic (exact) mass is 240 g/mol. The van der Waals surface area contributed by atoms with E-state index in [1.54, 1.807) is 0 Å². The number of hydrogen-bond donors (Lipinski definition) is 1. The highest BCUT2D eigenvalue weighted by atomic mass is 16.5. The van der Waals surface area contributed by atoms with Crippen LogP contribution in [-0.2, 0) is 9.53 Å². The maximum absolute atomic E-state index is 12.5. The van der Waals surface area contributed by atoms with Gasteiger partial charge in [0.2, 0.25) is 5.91 Å². The average Bonchev–Trinajstić information content (AvgIpc) is 2.53. The van der Waals surface area contributed by atoms with E-state index in [-0.39, 0.29) is 30.1 Å². The lowest BCUT2D eigenvalue weighted by Crippen LogP contribution is -2.47. The molecule has 4 atom stereocenters. The topological polar surface area (TPSA) is 55.6 Å². The zero-order chi connectivity index (χ0) is 12.6. The highest BCUT2D eigenvalue weighted by Gasteiger charge is 2.43. The molecule has 2 fully saturated rings. The molecule has 0 aromatic rings. The second-order valence-electron chi connectivity index (χ2n) is 5.59. The van der Waals surface area contributed by atoms with Crippen molar-refractivity contribution in [3.63, 3.8) is 0 Å². The lowest BCUT2D eigenvalue weighted by Gasteiger charge is -2.33. The first-order valence-corrected chi connectivity index (χ1v) is 6.70. The largest absolute Gasteiger partial charge is 0.374 e. The van der Waals surface area contributed by atoms with E-state index < -0.39 is 0 Å². The number of likely N-dealkylation sites (tertiary alicyclic amines) is 1. The molecule has 2 rings (SSSR count). The van der Waals surface area contributed by atoms with Crippen LogP contribution in [-0.4, -0.2) is 42.1 Å². The summed E-state index contributed by atoms with van der Waals surface area (Å²) in [5.74, 6) is 0.605. The summed E-state index contributed by atoms with van der Waals surface area (Å²) >= 11 is 0. The summed E-state index contributed by atoms with van der Waals surface area (Å²) in [6.45, 7) is 7.81. The van der Waals surface area contributed by atoms with Crippen molar-refractivity contribution in [2.45, 2.75) is 51.9 Å². The molecule has 0 saturated carbocycles. The van der Waals surface area contributed by atoms with Crippen molar-refractivity contribution in [1.29, 1.82) is 0 Å². The van der Waals surface area contributed by atoms with Crippen LogP contribution in [0.4, 0.5) is 0 Å². The Bertz CT molecular complexity index is 287. The van der Waals surface area contributed by atoms with Crippen LogP contribution in [0.3, 0.4) is 0 Å². The van der Waals surface area contributed by atoms with Crippen LogP contribution in [0.25, 0.3) is 0 Å². The lowest BCUT2D eigenvalue weighted by atomic mass is 9.87. The Morgan fingerprint density at radius 1 is 1.18 bits per heavy atom. The number of amides is 1. The fourth-order valence-corrected chi connectivity index (χ4v) is 3.02. The maximum Gasteiger partial charge on any atom is 0.228 e. The Morgan fingerprint density at radius 3 is 2.24 bits per heavy atom. The highest BCUT2D eigenvalue weighted by Crippen LogP contribution is 2.33. The first-order valence-electron chi connectivity index (χ1n) is 6.70. The molecule has 1 amide bonds. The van der Waals surface area contributed by atoms with E-state index in [9.17, 15) is 4.79 Å². The van der Waals surface area contributed by atoms with Crippen LogP contribution in [0.1, 0.15) is 33.6 Å². The molecule has 4 heteroatoms. The highest BCUT2D eigenvalue weighted by molar-refractivity contribution is 5.80. The molecule has 2 saturated heterocycles. The van der Waals surface area contributed by atoms with Crippen LogP contribution in [0, 0.1) is 11.8 Å². The SMILES string of the molecule is CC1OC(C)C(C(=O)N2CCC(N)CC2)C1C. The molecule has 0 aromatic carbocycles. The van der Waals surface area contributed by atoms with Gasteiger partial charge in [0.05, 0.1) is 18.1 Å². The fourth-order valence-electron chi connectivity index (χ4n) is 3.02. The quantitative estimate of drug-likeness (QED) is 0.744. The third-order valence-corrected chi connectivity index (χ3v) is 4.38. The van der Waals surface area contributed by atoms with E-state index in [0.29, 0.717) is 5.92 Å². The summed E-state index contributed by atoms with van der Waals surface area (Å²) in [5.41, 5.74) is 5.86. The summed E-state index contributed by atoms with van der Waals surface area (Å²) in [6, 6.07) is 0.271. The van der Waals surface area contributed by atoms with Crippen LogP contribution < -0.4 is 5.73 Å². The normalized spacial score (nSPS) is 39.6. The Kier molecular flexibility index (Phi) is 3.73. The molecule has 4 nitrogen and oxygen atoms in total. The third-order valence-electron chi connectivity index (χ3n) is 4.38. The van der Waals surface area contributed by atoms with Crippen LogP contribution in [0.5, 0.6) is 0 Å². The molecule has 0 radical (unpaired) electrons. The van der Waals surface area contributed by atoms with Crippen molar-refractivity contribution in [2.75, 3.05) is 13.1 Å². The summed E-state index contributed by atoms with van der Waals surface area (Å²) < 4.78 is 5.75. The summed E-state index contributed by atoms with van der Waals surface area (Å²) in [4.78, 5) is 14.5. The van der Waals surface area contributed by atoms with Gasteiger partial charge in [-0.25, -0.2) is 0 Å². The lowest BCUT2D eigenvalue weighted by molar-refractivity contribution is -0.138. The summed E-state index contributed by atoms with van der Waals surface area (Å²) in [7, 11) is 0. The van der Waals surface area contributed by atoms with Gasteiger partial charge in [-0.15, -0.1) is 0 Å². The summed E-state index contributed by atoms with van der Waals surface area (Å²) in [5, 5.41) is 0. The first kappa shape index (κ1) is 12.8. The van der Waals surface area contributed by atoms with E-state index in [2.05, 4.69) is 13.8 Å². The van der Waals surface area contributed by atoms with Crippen molar-refractivity contribution in [2.24, 2.45) is 17.6 Å². The molecule has 2 aliphatic heterocycles. The van der Waals surface area contributed by atoms with Gasteiger partial charge in [-0.1, -0.05) is 6.92 Å². The maximum atomic E-state index is 12.5. The molecule has 0 aliphatic carbocycles. The minimum Gasteiger partial charge on any atom is -0.374 e. The first-order chi connectivity index (χ1) is 8.00. The number of piperidine rings is 1. The predicted octanol–water partition coefficient (Wildman–Crippen LogP) is 0.996. The Labute approximate surface area is 103 Å². The van der Waals surface area contributed by atoms with E-state index in [1.807, 2.05) is 11.8 Å². The van der Waals surface area contributed by atoms with Gasteiger partial charge in [0, 0.05) is 19.1 Å². The zero-order valence-corrected chi connectivity index (χ0v) is 11.1. The number of nitrogens with zero attached hydrogens (tertiary/aromatic N) is 1. The van der Waals surface area contributed by atoms with Gasteiger partial charge in [-0.2, -0.15) is 0 Å². The van der Waals surface area contributed by atoms with E-state index in [4.69, 9.17) is 10.5 Å². The number of carbonyl (C=O) groups excluding carboxylic acids is 1. The van der Waals surface area contributed by atoms with Gasteiger partial charge in [-0.3, -0.25) is 4.79 Å². The standard InChI is InChI=1S/C13H24N2O2/c1-8-9(2)17-10(3)12(8)13(16)15-6-4-11(14)5-7-15/h8-12H,4-7,14H2,1-3H3.